The predicted molar refractivity (Wildman–Crippen MR) is 92.4 cm³/mol. The standard InChI is InChI=1S/C15H25N5O3.ClH/c1-10(21)20-11(9-13(20)22)5-6-12(18-15(16)17)14(23)19-7-3-2-4-8-19;/h11-12H,2-9H2,1H3,(H4,16,17,18);1H. The van der Waals surface area contributed by atoms with Gasteiger partial charge in [0.15, 0.2) is 5.96 Å². The molecule has 9 heteroatoms. The number of hydrogen-bond acceptors (Lipinski definition) is 4. The molecule has 2 rings (SSSR count). The van der Waals surface area contributed by atoms with Gasteiger partial charge in [-0.1, -0.05) is 0 Å². The summed E-state index contributed by atoms with van der Waals surface area (Å²) in [7, 11) is 0. The molecule has 4 N–H and O–H groups in total. The van der Waals surface area contributed by atoms with E-state index in [9.17, 15) is 14.4 Å². The average Bonchev–Trinajstić information content (AvgIpc) is 2.48. The third-order valence-electron chi connectivity index (χ3n) is 4.41. The zero-order chi connectivity index (χ0) is 17.0. The van der Waals surface area contributed by atoms with Crippen molar-refractivity contribution < 1.29 is 14.4 Å². The van der Waals surface area contributed by atoms with Crippen LogP contribution in [0.25, 0.3) is 0 Å². The first-order valence-corrected chi connectivity index (χ1v) is 8.10. The number of carbonyl (C=O) groups excluding carboxylic acids is 3. The van der Waals surface area contributed by atoms with Crippen LogP contribution in [0.4, 0.5) is 0 Å². The fourth-order valence-corrected chi connectivity index (χ4v) is 3.24. The number of β-lactam (4-membered cyclic amide) rings is 1. The van der Waals surface area contributed by atoms with Gasteiger partial charge in [-0.3, -0.25) is 19.3 Å². The highest BCUT2D eigenvalue weighted by Crippen LogP contribution is 2.25. The van der Waals surface area contributed by atoms with Crippen LogP contribution in [0.3, 0.4) is 0 Å². The molecule has 0 aliphatic carbocycles. The van der Waals surface area contributed by atoms with E-state index in [-0.39, 0.29) is 42.1 Å². The number of carbonyl (C=O) groups is 3. The highest BCUT2D eigenvalue weighted by molar-refractivity contribution is 5.99. The lowest BCUT2D eigenvalue weighted by Crippen LogP contribution is -2.55. The number of nitrogens with two attached hydrogens (primary N) is 2. The second-order valence-electron chi connectivity index (χ2n) is 6.17. The lowest BCUT2D eigenvalue weighted by Gasteiger charge is -2.38. The van der Waals surface area contributed by atoms with E-state index in [0.717, 1.165) is 32.4 Å². The maximum atomic E-state index is 12.6. The van der Waals surface area contributed by atoms with Crippen molar-refractivity contribution in [3.05, 3.63) is 0 Å². The van der Waals surface area contributed by atoms with Crippen LogP contribution < -0.4 is 11.5 Å². The van der Waals surface area contributed by atoms with Gasteiger partial charge in [0, 0.05) is 32.5 Å². The molecule has 2 unspecified atom stereocenters. The summed E-state index contributed by atoms with van der Waals surface area (Å²) >= 11 is 0. The van der Waals surface area contributed by atoms with Crippen LogP contribution in [0, 0.1) is 0 Å². The second kappa shape index (κ2) is 8.86. The fourth-order valence-electron chi connectivity index (χ4n) is 3.24. The maximum Gasteiger partial charge on any atom is 0.247 e. The first-order valence-electron chi connectivity index (χ1n) is 8.10. The van der Waals surface area contributed by atoms with E-state index < -0.39 is 6.04 Å². The predicted octanol–water partition coefficient (Wildman–Crippen LogP) is -0.00970. The summed E-state index contributed by atoms with van der Waals surface area (Å²) in [4.78, 5) is 42.6. The summed E-state index contributed by atoms with van der Waals surface area (Å²) in [5.41, 5.74) is 10.9. The van der Waals surface area contributed by atoms with Crippen molar-refractivity contribution in [3.8, 4) is 0 Å². The zero-order valence-corrected chi connectivity index (χ0v) is 14.8. The van der Waals surface area contributed by atoms with E-state index in [1.165, 1.54) is 11.8 Å². The van der Waals surface area contributed by atoms with Crippen LogP contribution in [0.15, 0.2) is 4.99 Å². The molecular weight excluding hydrogens is 334 g/mol. The molecule has 2 atom stereocenters. The van der Waals surface area contributed by atoms with Crippen molar-refractivity contribution in [2.24, 2.45) is 16.5 Å². The SMILES string of the molecule is CC(=O)N1C(=O)CC1CCC(N=C(N)N)C(=O)N1CCCCC1.Cl. The molecule has 2 aliphatic heterocycles. The van der Waals surface area contributed by atoms with Crippen molar-refractivity contribution in [2.75, 3.05) is 13.1 Å². The minimum absolute atomic E-state index is 0. The number of aliphatic imine (C=N–C) groups is 1. The maximum absolute atomic E-state index is 12.6. The molecule has 136 valence electrons. The number of rotatable bonds is 5. The molecule has 2 fully saturated rings. The number of hydrogen-bond donors (Lipinski definition) is 2. The van der Waals surface area contributed by atoms with Gasteiger partial charge in [0.2, 0.25) is 17.7 Å². The van der Waals surface area contributed by atoms with E-state index >= 15 is 0 Å². The molecular formula is C15H26ClN5O3. The Morgan fingerprint density at radius 3 is 2.38 bits per heavy atom. The molecule has 0 saturated carbocycles. The van der Waals surface area contributed by atoms with Gasteiger partial charge < -0.3 is 16.4 Å². The monoisotopic (exact) mass is 359 g/mol. The largest absolute Gasteiger partial charge is 0.370 e. The molecule has 3 amide bonds. The van der Waals surface area contributed by atoms with Crippen LogP contribution in [0.5, 0.6) is 0 Å². The number of nitrogens with zero attached hydrogens (tertiary/aromatic N) is 3. The lowest BCUT2D eigenvalue weighted by atomic mass is 9.94. The van der Waals surface area contributed by atoms with Crippen molar-refractivity contribution in [1.82, 2.24) is 9.80 Å². The van der Waals surface area contributed by atoms with Gasteiger partial charge in [0.1, 0.15) is 6.04 Å². The number of guanidine groups is 1. The van der Waals surface area contributed by atoms with Crippen molar-refractivity contribution in [1.29, 1.82) is 0 Å². The van der Waals surface area contributed by atoms with Gasteiger partial charge >= 0.3 is 0 Å². The zero-order valence-electron chi connectivity index (χ0n) is 13.9. The Kier molecular flexibility index (Phi) is 7.47. The Labute approximate surface area is 148 Å². The number of likely N-dealkylation sites (tertiary alicyclic amines) is 2. The smallest absolute Gasteiger partial charge is 0.247 e. The third kappa shape index (κ3) is 4.83. The highest BCUT2D eigenvalue weighted by atomic mass is 35.5. The van der Waals surface area contributed by atoms with E-state index in [0.29, 0.717) is 19.3 Å². The van der Waals surface area contributed by atoms with Crippen LogP contribution in [0.2, 0.25) is 0 Å². The molecule has 0 spiro atoms. The van der Waals surface area contributed by atoms with Crippen molar-refractivity contribution in [3.63, 3.8) is 0 Å². The second-order valence-corrected chi connectivity index (χ2v) is 6.17. The number of halogens is 1. The minimum atomic E-state index is -0.636. The minimum Gasteiger partial charge on any atom is -0.370 e. The molecule has 0 radical (unpaired) electrons. The summed E-state index contributed by atoms with van der Waals surface area (Å²) < 4.78 is 0. The molecule has 0 aromatic rings. The molecule has 0 aromatic heterocycles. The Balaban J connectivity index is 0.00000288. The number of amides is 3. The molecule has 2 heterocycles. The Morgan fingerprint density at radius 2 is 1.88 bits per heavy atom. The van der Waals surface area contributed by atoms with Crippen LogP contribution in [-0.2, 0) is 14.4 Å². The molecule has 8 nitrogen and oxygen atoms in total. The van der Waals surface area contributed by atoms with Crippen LogP contribution in [0.1, 0.15) is 45.4 Å². The van der Waals surface area contributed by atoms with Crippen LogP contribution >= 0.6 is 12.4 Å². The third-order valence-corrected chi connectivity index (χ3v) is 4.41. The summed E-state index contributed by atoms with van der Waals surface area (Å²) in [5.74, 6) is -0.609. The topological polar surface area (TPSA) is 122 Å². The Bertz CT molecular complexity index is 507. The van der Waals surface area contributed by atoms with Crippen LogP contribution in [-0.4, -0.2) is 58.7 Å². The first-order chi connectivity index (χ1) is 10.9. The quantitative estimate of drug-likeness (QED) is 0.406. The first kappa shape index (κ1) is 20.2. The molecule has 0 aromatic carbocycles. The van der Waals surface area contributed by atoms with Gasteiger partial charge in [-0.25, -0.2) is 4.99 Å². The molecule has 2 aliphatic rings. The number of imide groups is 1. The van der Waals surface area contributed by atoms with E-state index in [4.69, 9.17) is 11.5 Å². The molecule has 2 saturated heterocycles. The van der Waals surface area contributed by atoms with Gasteiger partial charge in [-0.15, -0.1) is 12.4 Å². The average molecular weight is 360 g/mol. The Morgan fingerprint density at radius 1 is 1.25 bits per heavy atom. The van der Waals surface area contributed by atoms with Crippen molar-refractivity contribution in [2.45, 2.75) is 57.5 Å². The van der Waals surface area contributed by atoms with Crippen molar-refractivity contribution >= 4 is 36.1 Å². The lowest BCUT2D eigenvalue weighted by molar-refractivity contribution is -0.157. The Hall–Kier alpha value is -1.83. The van der Waals surface area contributed by atoms with E-state index in [1.54, 1.807) is 4.90 Å². The number of piperidine rings is 1. The van der Waals surface area contributed by atoms with E-state index in [2.05, 4.69) is 4.99 Å². The summed E-state index contributed by atoms with van der Waals surface area (Å²) in [6.45, 7) is 2.84. The van der Waals surface area contributed by atoms with E-state index in [1.807, 2.05) is 0 Å². The van der Waals surface area contributed by atoms with Gasteiger partial charge in [-0.05, 0) is 32.1 Å². The molecule has 24 heavy (non-hydrogen) atoms. The van der Waals surface area contributed by atoms with Gasteiger partial charge in [0.05, 0.1) is 0 Å². The summed E-state index contributed by atoms with van der Waals surface area (Å²) in [5, 5.41) is 0. The highest BCUT2D eigenvalue weighted by Gasteiger charge is 2.39. The van der Waals surface area contributed by atoms with Gasteiger partial charge in [0.25, 0.3) is 0 Å². The summed E-state index contributed by atoms with van der Waals surface area (Å²) in [6.07, 6.45) is 4.42. The summed E-state index contributed by atoms with van der Waals surface area (Å²) in [6, 6.07) is -0.784. The molecule has 0 bridgehead atoms. The van der Waals surface area contributed by atoms with Gasteiger partial charge in [-0.2, -0.15) is 0 Å². The normalized spacial score (nSPS) is 21.4. The fraction of sp³-hybridized carbons (Fsp3) is 0.733.